The lowest BCUT2D eigenvalue weighted by Crippen LogP contribution is -2.24. The number of aryl methyl sites for hydroxylation is 1. The highest BCUT2D eigenvalue weighted by molar-refractivity contribution is 9.10. The Morgan fingerprint density at radius 3 is 2.32 bits per heavy atom. The number of nitrogens with zero attached hydrogens (tertiary/aromatic N) is 1. The van der Waals surface area contributed by atoms with Crippen LogP contribution in [0.4, 0.5) is 0 Å². The molecule has 1 saturated heterocycles. The largest absolute Gasteiger partial charge is 0.491 e. The van der Waals surface area contributed by atoms with Crippen molar-refractivity contribution < 1.29 is 29.3 Å². The molecule has 7 nitrogen and oxygen atoms in total. The van der Waals surface area contributed by atoms with E-state index in [1.54, 1.807) is 0 Å². The van der Waals surface area contributed by atoms with Crippen molar-refractivity contribution in [2.24, 2.45) is 0 Å². The van der Waals surface area contributed by atoms with Crippen molar-refractivity contribution >= 4 is 27.9 Å². The number of carboxylic acid groups (broad SMARTS) is 2. The first-order chi connectivity index (χ1) is 11.9. The highest BCUT2D eigenvalue weighted by Crippen LogP contribution is 2.21. The van der Waals surface area contributed by atoms with E-state index in [2.05, 4.69) is 26.9 Å². The van der Waals surface area contributed by atoms with E-state index in [0.717, 1.165) is 28.9 Å². The van der Waals surface area contributed by atoms with Gasteiger partial charge in [-0.2, -0.15) is 0 Å². The predicted octanol–water partition coefficient (Wildman–Crippen LogP) is 2.40. The minimum atomic E-state index is -1.82. The first kappa shape index (κ1) is 21.4. The molecule has 0 radical (unpaired) electrons. The van der Waals surface area contributed by atoms with Gasteiger partial charge in [0.1, 0.15) is 12.4 Å². The number of carbonyl (C=O) groups is 2. The standard InChI is InChI=1S/C15H22BrNO2.C2H2O4/c1-13-12-14(16)4-5-15(13)19-11-10-18-9-8-17-6-2-3-7-17;3-1(4)2(5)6/h4-5,12H,2-3,6-11H2,1H3;(H,3,4)(H,5,6). The van der Waals surface area contributed by atoms with Gasteiger partial charge < -0.3 is 24.6 Å². The number of benzene rings is 1. The smallest absolute Gasteiger partial charge is 0.414 e. The Bertz CT molecular complexity index is 548. The van der Waals surface area contributed by atoms with Crippen molar-refractivity contribution in [2.45, 2.75) is 19.8 Å². The van der Waals surface area contributed by atoms with Crippen molar-refractivity contribution in [1.82, 2.24) is 4.90 Å². The molecule has 1 aliphatic heterocycles. The summed E-state index contributed by atoms with van der Waals surface area (Å²) in [5, 5.41) is 14.8. The van der Waals surface area contributed by atoms with Crippen LogP contribution in [0.2, 0.25) is 0 Å². The topological polar surface area (TPSA) is 96.3 Å². The molecule has 1 aliphatic rings. The van der Waals surface area contributed by atoms with Crippen LogP contribution in [-0.4, -0.2) is 66.5 Å². The van der Waals surface area contributed by atoms with Crippen LogP contribution < -0.4 is 4.74 Å². The minimum Gasteiger partial charge on any atom is -0.491 e. The number of rotatable bonds is 7. The maximum atomic E-state index is 9.10. The molecule has 2 N–H and O–H groups in total. The zero-order valence-electron chi connectivity index (χ0n) is 14.2. The number of aliphatic carboxylic acids is 2. The lowest BCUT2D eigenvalue weighted by Gasteiger charge is -2.14. The first-order valence-corrected chi connectivity index (χ1v) is 8.84. The van der Waals surface area contributed by atoms with Gasteiger partial charge in [0.15, 0.2) is 0 Å². The maximum absolute atomic E-state index is 9.10. The monoisotopic (exact) mass is 417 g/mol. The fraction of sp³-hybridized carbons (Fsp3) is 0.529. The average molecular weight is 418 g/mol. The lowest BCUT2D eigenvalue weighted by atomic mass is 10.2. The van der Waals surface area contributed by atoms with E-state index in [1.807, 2.05) is 19.1 Å². The molecule has 1 aromatic carbocycles. The van der Waals surface area contributed by atoms with Crippen molar-refractivity contribution in [3.8, 4) is 5.75 Å². The second kappa shape index (κ2) is 11.8. The summed E-state index contributed by atoms with van der Waals surface area (Å²) >= 11 is 3.45. The van der Waals surface area contributed by atoms with Gasteiger partial charge in [-0.3, -0.25) is 0 Å². The lowest BCUT2D eigenvalue weighted by molar-refractivity contribution is -0.159. The van der Waals surface area contributed by atoms with E-state index in [-0.39, 0.29) is 0 Å². The normalized spacial score (nSPS) is 13.8. The quantitative estimate of drug-likeness (QED) is 0.519. The van der Waals surface area contributed by atoms with E-state index in [9.17, 15) is 0 Å². The number of carboxylic acids is 2. The molecule has 0 unspecified atom stereocenters. The Morgan fingerprint density at radius 1 is 1.12 bits per heavy atom. The van der Waals surface area contributed by atoms with Gasteiger partial charge in [0.25, 0.3) is 0 Å². The number of likely N-dealkylation sites (tertiary alicyclic amines) is 1. The van der Waals surface area contributed by atoms with Crippen molar-refractivity contribution in [1.29, 1.82) is 0 Å². The zero-order chi connectivity index (χ0) is 18.7. The van der Waals surface area contributed by atoms with Crippen LogP contribution >= 0.6 is 15.9 Å². The number of ether oxygens (including phenoxy) is 2. The first-order valence-electron chi connectivity index (χ1n) is 8.05. The summed E-state index contributed by atoms with van der Waals surface area (Å²) in [5.41, 5.74) is 1.14. The molecule has 2 rings (SSSR count). The summed E-state index contributed by atoms with van der Waals surface area (Å²) in [4.78, 5) is 20.7. The molecular weight excluding hydrogens is 394 g/mol. The summed E-state index contributed by atoms with van der Waals surface area (Å²) in [6.45, 7) is 7.65. The molecule has 0 aliphatic carbocycles. The molecule has 1 fully saturated rings. The van der Waals surface area contributed by atoms with Crippen LogP contribution in [0.5, 0.6) is 5.75 Å². The molecule has 0 atom stereocenters. The molecule has 1 aromatic rings. The van der Waals surface area contributed by atoms with Crippen molar-refractivity contribution in [2.75, 3.05) is 39.5 Å². The SMILES string of the molecule is Cc1cc(Br)ccc1OCCOCCN1CCCC1.O=C(O)C(=O)O. The Labute approximate surface area is 155 Å². The molecule has 0 amide bonds. The summed E-state index contributed by atoms with van der Waals surface area (Å²) in [5.74, 6) is -2.71. The second-order valence-corrected chi connectivity index (χ2v) is 6.45. The van der Waals surface area contributed by atoms with E-state index in [1.165, 1.54) is 25.9 Å². The van der Waals surface area contributed by atoms with E-state index < -0.39 is 11.9 Å². The van der Waals surface area contributed by atoms with Gasteiger partial charge in [-0.15, -0.1) is 0 Å². The second-order valence-electron chi connectivity index (χ2n) is 5.53. The molecular formula is C17H24BrNO6. The Hall–Kier alpha value is -1.64. The molecule has 0 bridgehead atoms. The van der Waals surface area contributed by atoms with Crippen LogP contribution in [0.1, 0.15) is 18.4 Å². The van der Waals surface area contributed by atoms with Gasteiger partial charge in [0.2, 0.25) is 0 Å². The van der Waals surface area contributed by atoms with Crippen LogP contribution in [-0.2, 0) is 14.3 Å². The molecule has 8 heteroatoms. The van der Waals surface area contributed by atoms with E-state index in [4.69, 9.17) is 29.3 Å². The third kappa shape index (κ3) is 9.42. The number of hydrogen-bond donors (Lipinski definition) is 2. The molecule has 0 saturated carbocycles. The van der Waals surface area contributed by atoms with Crippen molar-refractivity contribution in [3.05, 3.63) is 28.2 Å². The van der Waals surface area contributed by atoms with Crippen LogP contribution in [0.15, 0.2) is 22.7 Å². The maximum Gasteiger partial charge on any atom is 0.414 e. The van der Waals surface area contributed by atoms with Gasteiger partial charge in [-0.1, -0.05) is 15.9 Å². The number of halogens is 1. The molecule has 25 heavy (non-hydrogen) atoms. The molecule has 0 aromatic heterocycles. The Balaban J connectivity index is 0.000000450. The Morgan fingerprint density at radius 2 is 1.76 bits per heavy atom. The minimum absolute atomic E-state index is 0.614. The highest BCUT2D eigenvalue weighted by Gasteiger charge is 2.10. The predicted molar refractivity (Wildman–Crippen MR) is 96.1 cm³/mol. The summed E-state index contributed by atoms with van der Waals surface area (Å²) in [6.07, 6.45) is 2.68. The fourth-order valence-corrected chi connectivity index (χ4v) is 2.76. The summed E-state index contributed by atoms with van der Waals surface area (Å²) in [7, 11) is 0. The van der Waals surface area contributed by atoms with Gasteiger partial charge in [-0.25, -0.2) is 9.59 Å². The van der Waals surface area contributed by atoms with Crippen LogP contribution in [0, 0.1) is 6.92 Å². The molecule has 140 valence electrons. The third-order valence-corrected chi connectivity index (χ3v) is 4.05. The van der Waals surface area contributed by atoms with Crippen LogP contribution in [0.3, 0.4) is 0 Å². The fourth-order valence-electron chi connectivity index (χ4n) is 2.29. The van der Waals surface area contributed by atoms with Gasteiger partial charge in [0, 0.05) is 11.0 Å². The van der Waals surface area contributed by atoms with Gasteiger partial charge >= 0.3 is 11.9 Å². The summed E-state index contributed by atoms with van der Waals surface area (Å²) in [6, 6.07) is 6.05. The summed E-state index contributed by atoms with van der Waals surface area (Å²) < 4.78 is 12.4. The van der Waals surface area contributed by atoms with E-state index >= 15 is 0 Å². The van der Waals surface area contributed by atoms with Crippen LogP contribution in [0.25, 0.3) is 0 Å². The highest BCUT2D eigenvalue weighted by atomic mass is 79.9. The van der Waals surface area contributed by atoms with Gasteiger partial charge in [0.05, 0.1) is 13.2 Å². The Kier molecular flexibility index (Phi) is 10.1. The van der Waals surface area contributed by atoms with Gasteiger partial charge in [-0.05, 0) is 56.6 Å². The van der Waals surface area contributed by atoms with Crippen molar-refractivity contribution in [3.63, 3.8) is 0 Å². The molecule has 1 heterocycles. The third-order valence-electron chi connectivity index (χ3n) is 3.56. The molecule has 0 spiro atoms. The average Bonchev–Trinajstić information content (AvgIpc) is 3.06. The number of hydrogen-bond acceptors (Lipinski definition) is 5. The van der Waals surface area contributed by atoms with E-state index in [0.29, 0.717) is 13.2 Å². The zero-order valence-corrected chi connectivity index (χ0v) is 15.8.